The Balaban J connectivity index is 2.74. The van der Waals surface area contributed by atoms with Crippen molar-refractivity contribution in [2.75, 3.05) is 0 Å². The molecule has 0 amide bonds. The lowest BCUT2D eigenvalue weighted by Crippen LogP contribution is -2.40. The molecule has 0 unspecified atom stereocenters. The standard InChI is InChI=1S/C13H24OSi/c1-11-8-7-9-12(10-11)14-15(5,6)13(2,3)4/h9-10H,7-8H2,1-6H3. The fourth-order valence-corrected chi connectivity index (χ4v) is 2.37. The molecule has 0 saturated carbocycles. The molecule has 0 aromatic heterocycles. The third kappa shape index (κ3) is 3.23. The second-order valence-electron chi connectivity index (χ2n) is 6.00. The molecule has 1 nitrogen and oxygen atoms in total. The van der Waals surface area contributed by atoms with Gasteiger partial charge in [0.1, 0.15) is 0 Å². The van der Waals surface area contributed by atoms with E-state index in [0.29, 0.717) is 0 Å². The van der Waals surface area contributed by atoms with Gasteiger partial charge in [0.15, 0.2) is 0 Å². The van der Waals surface area contributed by atoms with Crippen LogP contribution in [0.2, 0.25) is 18.1 Å². The van der Waals surface area contributed by atoms with E-state index in [1.54, 1.807) is 0 Å². The summed E-state index contributed by atoms with van der Waals surface area (Å²) >= 11 is 0. The van der Waals surface area contributed by atoms with Crippen molar-refractivity contribution in [1.29, 1.82) is 0 Å². The summed E-state index contributed by atoms with van der Waals surface area (Å²) in [6, 6.07) is 0. The van der Waals surface area contributed by atoms with Crippen LogP contribution in [0.25, 0.3) is 0 Å². The van der Waals surface area contributed by atoms with Crippen molar-refractivity contribution in [2.45, 2.75) is 58.7 Å². The van der Waals surface area contributed by atoms with Crippen LogP contribution >= 0.6 is 0 Å². The van der Waals surface area contributed by atoms with Crippen LogP contribution in [0.15, 0.2) is 23.5 Å². The third-order valence-corrected chi connectivity index (χ3v) is 7.81. The Labute approximate surface area is 95.4 Å². The zero-order valence-electron chi connectivity index (χ0n) is 11.0. The summed E-state index contributed by atoms with van der Waals surface area (Å²) in [5.74, 6) is 1.10. The van der Waals surface area contributed by atoms with Crippen LogP contribution in [0.3, 0.4) is 0 Å². The second kappa shape index (κ2) is 4.16. The summed E-state index contributed by atoms with van der Waals surface area (Å²) in [7, 11) is -1.63. The molecular weight excluding hydrogens is 200 g/mol. The predicted molar refractivity (Wildman–Crippen MR) is 69.4 cm³/mol. The predicted octanol–water partition coefficient (Wildman–Crippen LogP) is 4.63. The molecule has 1 rings (SSSR count). The Bertz CT molecular complexity index is 292. The number of allylic oxidation sites excluding steroid dienone is 3. The average molecular weight is 224 g/mol. The average Bonchev–Trinajstić information content (AvgIpc) is 2.00. The van der Waals surface area contributed by atoms with Gasteiger partial charge in [-0.3, -0.25) is 0 Å². The zero-order valence-corrected chi connectivity index (χ0v) is 12.0. The Kier molecular flexibility index (Phi) is 3.49. The lowest BCUT2D eigenvalue weighted by molar-refractivity contribution is 0.395. The van der Waals surface area contributed by atoms with E-state index in [2.05, 4.69) is 52.9 Å². The van der Waals surface area contributed by atoms with Crippen molar-refractivity contribution < 1.29 is 4.43 Å². The molecule has 0 aromatic carbocycles. The van der Waals surface area contributed by atoms with E-state index < -0.39 is 8.32 Å². The maximum absolute atomic E-state index is 6.24. The van der Waals surface area contributed by atoms with Crippen molar-refractivity contribution in [2.24, 2.45) is 0 Å². The van der Waals surface area contributed by atoms with E-state index in [-0.39, 0.29) is 5.04 Å². The van der Waals surface area contributed by atoms with Crippen molar-refractivity contribution in [3.63, 3.8) is 0 Å². The van der Waals surface area contributed by atoms with Gasteiger partial charge in [-0.25, -0.2) is 0 Å². The minimum absolute atomic E-state index is 0.285. The number of hydrogen-bond donors (Lipinski definition) is 0. The molecule has 2 heteroatoms. The van der Waals surface area contributed by atoms with Crippen molar-refractivity contribution in [3.05, 3.63) is 23.5 Å². The molecule has 86 valence electrons. The second-order valence-corrected chi connectivity index (χ2v) is 10.7. The molecule has 0 heterocycles. The van der Waals surface area contributed by atoms with Crippen LogP contribution in [0.4, 0.5) is 0 Å². The summed E-state index contributed by atoms with van der Waals surface area (Å²) in [4.78, 5) is 0. The van der Waals surface area contributed by atoms with Gasteiger partial charge in [-0.2, -0.15) is 0 Å². The van der Waals surface area contributed by atoms with Gasteiger partial charge in [-0.1, -0.05) is 26.3 Å². The normalized spacial score (nSPS) is 18.3. The Morgan fingerprint density at radius 1 is 1.27 bits per heavy atom. The summed E-state index contributed by atoms with van der Waals surface area (Å²) in [5, 5.41) is 0.285. The monoisotopic (exact) mass is 224 g/mol. The Hall–Kier alpha value is -0.503. The lowest BCUT2D eigenvalue weighted by Gasteiger charge is -2.37. The molecule has 1 aliphatic carbocycles. The Morgan fingerprint density at radius 3 is 2.33 bits per heavy atom. The maximum atomic E-state index is 6.24. The summed E-state index contributed by atoms with van der Waals surface area (Å²) < 4.78 is 6.24. The van der Waals surface area contributed by atoms with Gasteiger partial charge in [0.25, 0.3) is 0 Å². The topological polar surface area (TPSA) is 9.23 Å². The molecule has 0 radical (unpaired) electrons. The smallest absolute Gasteiger partial charge is 0.250 e. The zero-order chi connectivity index (χ0) is 11.7. The van der Waals surface area contributed by atoms with Crippen molar-refractivity contribution >= 4 is 8.32 Å². The highest BCUT2D eigenvalue weighted by Gasteiger charge is 2.39. The van der Waals surface area contributed by atoms with Gasteiger partial charge in [-0.15, -0.1) is 0 Å². The van der Waals surface area contributed by atoms with Gasteiger partial charge in [0.2, 0.25) is 8.32 Å². The fourth-order valence-electron chi connectivity index (χ4n) is 1.33. The van der Waals surface area contributed by atoms with Crippen LogP contribution < -0.4 is 0 Å². The van der Waals surface area contributed by atoms with E-state index in [1.165, 1.54) is 12.0 Å². The first-order chi connectivity index (χ1) is 6.72. The molecule has 1 aliphatic rings. The van der Waals surface area contributed by atoms with Gasteiger partial charge in [-0.05, 0) is 50.0 Å². The van der Waals surface area contributed by atoms with Crippen LogP contribution in [-0.4, -0.2) is 8.32 Å². The molecule has 0 atom stereocenters. The van der Waals surface area contributed by atoms with Crippen molar-refractivity contribution in [3.8, 4) is 0 Å². The molecular formula is C13H24OSi. The summed E-state index contributed by atoms with van der Waals surface area (Å²) in [6.07, 6.45) is 6.74. The van der Waals surface area contributed by atoms with E-state index in [1.807, 2.05) is 0 Å². The minimum atomic E-state index is -1.63. The quantitative estimate of drug-likeness (QED) is 0.621. The first-order valence-corrected chi connectivity index (χ1v) is 8.69. The van der Waals surface area contributed by atoms with Gasteiger partial charge >= 0.3 is 0 Å². The van der Waals surface area contributed by atoms with E-state index in [4.69, 9.17) is 4.43 Å². The maximum Gasteiger partial charge on any atom is 0.250 e. The van der Waals surface area contributed by atoms with Gasteiger partial charge < -0.3 is 4.43 Å². The Morgan fingerprint density at radius 2 is 1.87 bits per heavy atom. The lowest BCUT2D eigenvalue weighted by atomic mass is 10.1. The van der Waals surface area contributed by atoms with Crippen LogP contribution in [-0.2, 0) is 4.43 Å². The highest BCUT2D eigenvalue weighted by atomic mass is 28.4. The molecule has 0 aliphatic heterocycles. The highest BCUT2D eigenvalue weighted by Crippen LogP contribution is 2.38. The first kappa shape index (κ1) is 12.6. The fraction of sp³-hybridized carbons (Fsp3) is 0.692. The van der Waals surface area contributed by atoms with E-state index >= 15 is 0 Å². The highest BCUT2D eigenvalue weighted by molar-refractivity contribution is 6.74. The minimum Gasteiger partial charge on any atom is -0.544 e. The first-order valence-electron chi connectivity index (χ1n) is 5.79. The molecule has 0 fully saturated rings. The van der Waals surface area contributed by atoms with E-state index in [0.717, 1.165) is 12.2 Å². The largest absolute Gasteiger partial charge is 0.544 e. The molecule has 15 heavy (non-hydrogen) atoms. The summed E-state index contributed by atoms with van der Waals surface area (Å²) in [6.45, 7) is 13.6. The molecule has 0 spiro atoms. The molecule has 0 N–H and O–H groups in total. The van der Waals surface area contributed by atoms with Crippen molar-refractivity contribution in [1.82, 2.24) is 0 Å². The van der Waals surface area contributed by atoms with Gasteiger partial charge in [0.05, 0.1) is 5.76 Å². The van der Waals surface area contributed by atoms with Crippen LogP contribution in [0.5, 0.6) is 0 Å². The SMILES string of the molecule is CC1=CC(O[Si](C)(C)C(C)(C)C)=CCC1. The molecule has 0 aromatic rings. The van der Waals surface area contributed by atoms with Crippen LogP contribution in [0.1, 0.15) is 40.5 Å². The van der Waals surface area contributed by atoms with E-state index in [9.17, 15) is 0 Å². The summed E-state index contributed by atoms with van der Waals surface area (Å²) in [5.41, 5.74) is 1.44. The molecule has 0 bridgehead atoms. The molecule has 0 saturated heterocycles. The number of hydrogen-bond acceptors (Lipinski definition) is 1. The number of rotatable bonds is 2. The van der Waals surface area contributed by atoms with Crippen LogP contribution in [0, 0.1) is 0 Å². The van der Waals surface area contributed by atoms with Gasteiger partial charge in [0, 0.05) is 0 Å². The third-order valence-electron chi connectivity index (χ3n) is 3.45.